The van der Waals surface area contributed by atoms with Gasteiger partial charge < -0.3 is 10.1 Å². The van der Waals surface area contributed by atoms with Crippen LogP contribution in [0.25, 0.3) is 16.8 Å². The third-order valence-corrected chi connectivity index (χ3v) is 4.62. The molecule has 0 aliphatic heterocycles. The van der Waals surface area contributed by atoms with Gasteiger partial charge in [-0.2, -0.15) is 0 Å². The number of carbonyl (C=O) groups is 1. The first kappa shape index (κ1) is 17.1. The predicted octanol–water partition coefficient (Wildman–Crippen LogP) is 4.92. The lowest BCUT2D eigenvalue weighted by molar-refractivity contribution is 0.102. The third kappa shape index (κ3) is 3.13. The molecule has 0 spiro atoms. The van der Waals surface area contributed by atoms with Crippen LogP contribution < -0.4 is 10.1 Å². The molecule has 5 nitrogen and oxygen atoms in total. The van der Waals surface area contributed by atoms with Crippen molar-refractivity contribution in [2.45, 2.75) is 0 Å². The molecule has 0 atom stereocenters. The maximum Gasteiger partial charge on any atom is 0.274 e. The Morgan fingerprint density at radius 1 is 1.07 bits per heavy atom. The average molecular weight is 378 g/mol. The monoisotopic (exact) mass is 377 g/mol. The highest BCUT2D eigenvalue weighted by Gasteiger charge is 2.18. The van der Waals surface area contributed by atoms with Crippen molar-refractivity contribution < 1.29 is 9.53 Å². The molecule has 1 N–H and O–H groups in total. The van der Waals surface area contributed by atoms with Crippen molar-refractivity contribution in [3.05, 3.63) is 83.8 Å². The van der Waals surface area contributed by atoms with Crippen LogP contribution in [0.5, 0.6) is 5.75 Å². The van der Waals surface area contributed by atoms with Crippen LogP contribution in [0.2, 0.25) is 5.02 Å². The molecule has 1 amide bonds. The summed E-state index contributed by atoms with van der Waals surface area (Å²) in [4.78, 5) is 17.2. The van der Waals surface area contributed by atoms with Gasteiger partial charge in [-0.25, -0.2) is 4.98 Å². The summed E-state index contributed by atoms with van der Waals surface area (Å²) in [7, 11) is 1.59. The van der Waals surface area contributed by atoms with Crippen molar-refractivity contribution >= 4 is 28.8 Å². The van der Waals surface area contributed by atoms with Crippen LogP contribution in [-0.4, -0.2) is 22.4 Å². The van der Waals surface area contributed by atoms with Gasteiger partial charge in [-0.05, 0) is 30.3 Å². The molecule has 6 heteroatoms. The number of fused-ring (bicyclic) bond motifs is 1. The lowest BCUT2D eigenvalue weighted by Crippen LogP contribution is -2.15. The normalized spacial score (nSPS) is 10.7. The van der Waals surface area contributed by atoms with Crippen molar-refractivity contribution in [1.82, 2.24) is 9.38 Å². The van der Waals surface area contributed by atoms with E-state index in [0.717, 1.165) is 11.1 Å². The number of nitrogens with one attached hydrogen (secondary N) is 1. The number of amides is 1. The quantitative estimate of drug-likeness (QED) is 0.549. The molecule has 2 aromatic carbocycles. The number of anilines is 1. The minimum absolute atomic E-state index is 0.268. The van der Waals surface area contributed by atoms with Crippen molar-refractivity contribution in [3.63, 3.8) is 0 Å². The summed E-state index contributed by atoms with van der Waals surface area (Å²) in [6.07, 6.45) is 3.36. The summed E-state index contributed by atoms with van der Waals surface area (Å²) in [5, 5.41) is 3.54. The van der Waals surface area contributed by atoms with Gasteiger partial charge in [0.15, 0.2) is 0 Å². The molecule has 0 unspecified atom stereocenters. The fourth-order valence-corrected chi connectivity index (χ4v) is 3.26. The smallest absolute Gasteiger partial charge is 0.274 e. The van der Waals surface area contributed by atoms with E-state index in [2.05, 4.69) is 10.3 Å². The number of halogens is 1. The Bertz CT molecular complexity index is 1140. The van der Waals surface area contributed by atoms with Crippen LogP contribution >= 0.6 is 11.6 Å². The van der Waals surface area contributed by atoms with Gasteiger partial charge in [0.1, 0.15) is 17.1 Å². The molecule has 0 aliphatic rings. The first-order valence-corrected chi connectivity index (χ1v) is 8.72. The number of pyridine rings is 1. The fourth-order valence-electron chi connectivity index (χ4n) is 3.03. The van der Waals surface area contributed by atoms with Crippen molar-refractivity contribution in [2.24, 2.45) is 0 Å². The molecule has 0 aliphatic carbocycles. The number of hydrogen-bond acceptors (Lipinski definition) is 3. The van der Waals surface area contributed by atoms with E-state index in [-0.39, 0.29) is 5.91 Å². The Kier molecular flexibility index (Phi) is 4.52. The zero-order valence-corrected chi connectivity index (χ0v) is 15.3. The molecule has 2 aromatic heterocycles. The summed E-state index contributed by atoms with van der Waals surface area (Å²) in [5.41, 5.74) is 3.27. The topological polar surface area (TPSA) is 55.6 Å². The largest absolute Gasteiger partial charge is 0.496 e. The number of ether oxygens (including phenoxy) is 1. The van der Waals surface area contributed by atoms with E-state index in [9.17, 15) is 4.79 Å². The lowest BCUT2D eigenvalue weighted by Gasteiger charge is -2.16. The van der Waals surface area contributed by atoms with Gasteiger partial charge in [0.05, 0.1) is 19.0 Å². The number of rotatable bonds is 4. The van der Waals surface area contributed by atoms with Gasteiger partial charge in [0.2, 0.25) is 0 Å². The molecule has 2 heterocycles. The SMILES string of the molecule is COc1cccc(NC(=O)c2cnc3ccccn23)c1-c1ccccc1Cl. The minimum Gasteiger partial charge on any atom is -0.496 e. The van der Waals surface area contributed by atoms with Crippen molar-refractivity contribution in [2.75, 3.05) is 12.4 Å². The van der Waals surface area contributed by atoms with E-state index in [1.54, 1.807) is 30.0 Å². The maximum absolute atomic E-state index is 12.9. The van der Waals surface area contributed by atoms with E-state index in [0.29, 0.717) is 27.8 Å². The van der Waals surface area contributed by atoms with E-state index in [4.69, 9.17) is 16.3 Å². The number of hydrogen-bond donors (Lipinski definition) is 1. The van der Waals surface area contributed by atoms with E-state index < -0.39 is 0 Å². The van der Waals surface area contributed by atoms with Crippen LogP contribution in [0.1, 0.15) is 10.5 Å². The Labute approximate surface area is 161 Å². The number of imidazole rings is 1. The number of carbonyl (C=O) groups excluding carboxylic acids is 1. The highest BCUT2D eigenvalue weighted by Crippen LogP contribution is 2.40. The summed E-state index contributed by atoms with van der Waals surface area (Å²) >= 11 is 6.39. The lowest BCUT2D eigenvalue weighted by atomic mass is 10.0. The number of nitrogens with zero attached hydrogens (tertiary/aromatic N) is 2. The molecule has 27 heavy (non-hydrogen) atoms. The fraction of sp³-hybridized carbons (Fsp3) is 0.0476. The van der Waals surface area contributed by atoms with Crippen LogP contribution in [0.15, 0.2) is 73.1 Å². The molecule has 4 rings (SSSR count). The van der Waals surface area contributed by atoms with Gasteiger partial charge in [0.25, 0.3) is 5.91 Å². The molecular weight excluding hydrogens is 362 g/mol. The first-order chi connectivity index (χ1) is 13.2. The average Bonchev–Trinajstić information content (AvgIpc) is 3.13. The summed E-state index contributed by atoms with van der Waals surface area (Å²) < 4.78 is 7.25. The zero-order valence-electron chi connectivity index (χ0n) is 14.5. The molecule has 0 saturated carbocycles. The number of aromatic nitrogens is 2. The second kappa shape index (κ2) is 7.13. The van der Waals surface area contributed by atoms with Gasteiger partial charge in [-0.15, -0.1) is 0 Å². The van der Waals surface area contributed by atoms with Crippen molar-refractivity contribution in [3.8, 4) is 16.9 Å². The maximum atomic E-state index is 12.9. The molecule has 4 aromatic rings. The Hall–Kier alpha value is -3.31. The third-order valence-electron chi connectivity index (χ3n) is 4.29. The highest BCUT2D eigenvalue weighted by atomic mass is 35.5. The summed E-state index contributed by atoms with van der Waals surface area (Å²) in [6.45, 7) is 0. The molecule has 0 bridgehead atoms. The number of methoxy groups -OCH3 is 1. The Morgan fingerprint density at radius 2 is 1.89 bits per heavy atom. The first-order valence-electron chi connectivity index (χ1n) is 8.34. The number of benzene rings is 2. The molecular formula is C21H16ClN3O2. The van der Waals surface area contributed by atoms with Crippen molar-refractivity contribution in [1.29, 1.82) is 0 Å². The summed E-state index contributed by atoms with van der Waals surface area (Å²) in [5.74, 6) is 0.356. The summed E-state index contributed by atoms with van der Waals surface area (Å²) in [6, 6.07) is 18.5. The second-order valence-electron chi connectivity index (χ2n) is 5.89. The highest BCUT2D eigenvalue weighted by molar-refractivity contribution is 6.33. The molecule has 0 radical (unpaired) electrons. The van der Waals surface area contributed by atoms with Gasteiger partial charge in [-0.1, -0.05) is 41.9 Å². The molecule has 134 valence electrons. The van der Waals surface area contributed by atoms with E-state index >= 15 is 0 Å². The van der Waals surface area contributed by atoms with E-state index in [1.807, 2.05) is 54.6 Å². The van der Waals surface area contributed by atoms with Gasteiger partial charge in [-0.3, -0.25) is 9.20 Å². The van der Waals surface area contributed by atoms with Crippen LogP contribution in [0.4, 0.5) is 5.69 Å². The second-order valence-corrected chi connectivity index (χ2v) is 6.30. The van der Waals surface area contributed by atoms with E-state index in [1.165, 1.54) is 0 Å². The zero-order chi connectivity index (χ0) is 18.8. The predicted molar refractivity (Wildman–Crippen MR) is 107 cm³/mol. The standard InChI is InChI=1S/C21H16ClN3O2/c1-27-18-10-6-9-16(20(18)14-7-2-3-8-15(14)22)24-21(26)17-13-23-19-11-4-5-12-25(17)19/h2-13H,1H3,(H,24,26). The molecule has 0 fully saturated rings. The Morgan fingerprint density at radius 3 is 2.70 bits per heavy atom. The minimum atomic E-state index is -0.268. The van der Waals surface area contributed by atoms with Crippen LogP contribution in [-0.2, 0) is 0 Å². The van der Waals surface area contributed by atoms with Gasteiger partial charge in [0, 0.05) is 22.3 Å². The Balaban J connectivity index is 1.78. The van der Waals surface area contributed by atoms with Crippen LogP contribution in [0.3, 0.4) is 0 Å². The van der Waals surface area contributed by atoms with Crippen LogP contribution in [0, 0.1) is 0 Å². The van der Waals surface area contributed by atoms with Gasteiger partial charge >= 0.3 is 0 Å². The molecule has 0 saturated heterocycles.